The maximum Gasteiger partial charge on any atom is -0.0683 e. The molecular weight excluding hydrogens is 129 g/mol. The average Bonchev–Trinajstić information content (AvgIpc) is 1.81. The molecule has 0 unspecified atom stereocenters. The quantitative estimate of drug-likeness (QED) is 0.495. The average molecular weight is 150 g/mol. The van der Waals surface area contributed by atoms with Gasteiger partial charge in [-0.3, -0.25) is 14.1 Å². The molecule has 0 aromatic carbocycles. The molecule has 0 atom stereocenters. The van der Waals surface area contributed by atoms with Gasteiger partial charge in [-0.1, -0.05) is 41.5 Å². The first-order valence-corrected chi connectivity index (χ1v) is 3.00. The number of rotatable bonds is 0. The molecule has 0 fully saturated rings. The van der Waals surface area contributed by atoms with Gasteiger partial charge in [-0.15, -0.1) is 0 Å². The highest BCUT2D eigenvalue weighted by Gasteiger charge is 0.936. The summed E-state index contributed by atoms with van der Waals surface area (Å²) in [5, 5.41) is 0. The molecule has 0 rings (SSSR count). The molecule has 0 aromatic rings. The van der Waals surface area contributed by atoms with Crippen LogP contribution >= 0.6 is 0 Å². The van der Waals surface area contributed by atoms with E-state index in [0.29, 0.717) is 0 Å². The Morgan fingerprint density at radius 2 is 0.333 bits per heavy atom. The van der Waals surface area contributed by atoms with Gasteiger partial charge in [-0.05, 0) is 0 Å². The monoisotopic (exact) mass is 150 g/mol. The van der Waals surface area contributed by atoms with Gasteiger partial charge in [0.25, 0.3) is 0 Å². The van der Waals surface area contributed by atoms with Crippen molar-refractivity contribution < 1.29 is 14.1 Å². The van der Waals surface area contributed by atoms with E-state index in [0.717, 1.165) is 0 Å². The first kappa shape index (κ1) is 68.5. The first-order chi connectivity index (χ1) is 3.00. The lowest BCUT2D eigenvalue weighted by molar-refractivity contribution is 1.11. The third-order valence-corrected chi connectivity index (χ3v) is 0. The topological polar surface area (TPSA) is 0 Å². The van der Waals surface area contributed by atoms with Crippen molar-refractivity contribution in [3.05, 3.63) is 0 Å². The predicted octanol–water partition coefficient (Wildman–Crippen LogP) is 3.54. The van der Waals surface area contributed by atoms with E-state index in [1.54, 1.807) is 0 Å². The van der Waals surface area contributed by atoms with Crippen molar-refractivity contribution in [2.75, 3.05) is 0 Å². The highest BCUT2D eigenvalue weighted by atomic mass is 19.0. The van der Waals surface area contributed by atoms with Crippen LogP contribution in [0.2, 0.25) is 0 Å². The van der Waals surface area contributed by atoms with Gasteiger partial charge in [0, 0.05) is 0 Å². The zero-order valence-electron chi connectivity index (χ0n) is 7.22. The lowest BCUT2D eigenvalue weighted by Gasteiger charge is -1.07. The second-order valence-electron chi connectivity index (χ2n) is 0. The van der Waals surface area contributed by atoms with Gasteiger partial charge in [0.05, 0.1) is 0 Å². The van der Waals surface area contributed by atoms with Gasteiger partial charge in [0.2, 0.25) is 0 Å². The van der Waals surface area contributed by atoms with Crippen molar-refractivity contribution in [2.24, 2.45) is 0 Å². The van der Waals surface area contributed by atoms with Crippen molar-refractivity contribution in [1.82, 2.24) is 0 Å². The van der Waals surface area contributed by atoms with Crippen molar-refractivity contribution in [2.45, 2.75) is 41.5 Å². The van der Waals surface area contributed by atoms with Gasteiger partial charge < -0.3 is 0 Å². The maximum absolute atomic E-state index is 2.00. The summed E-state index contributed by atoms with van der Waals surface area (Å²) in [5.41, 5.74) is 0. The molecule has 0 spiro atoms. The molecule has 0 radical (unpaired) electrons. The molecule has 0 nitrogen and oxygen atoms in total. The smallest absolute Gasteiger partial charge is 0.0683 e. The molecule has 0 saturated heterocycles. The summed E-state index contributed by atoms with van der Waals surface area (Å²) < 4.78 is 0. The molecule has 0 bridgehead atoms. The summed E-state index contributed by atoms with van der Waals surface area (Å²) in [6.45, 7) is 12.0. The third-order valence-electron chi connectivity index (χ3n) is 0. The highest BCUT2D eigenvalue weighted by molar-refractivity contribution is 3.51. The van der Waals surface area contributed by atoms with Crippen LogP contribution in [0.15, 0.2) is 0 Å². The summed E-state index contributed by atoms with van der Waals surface area (Å²) in [6, 6.07) is 0. The Labute approximate surface area is 56.8 Å². The van der Waals surface area contributed by atoms with Crippen LogP contribution in [-0.4, -0.2) is 0 Å². The summed E-state index contributed by atoms with van der Waals surface area (Å²) in [6.07, 6.45) is 0. The second-order valence-corrected chi connectivity index (χ2v) is 0. The minimum absolute atomic E-state index is 0. The molecule has 3 heteroatoms. The van der Waals surface area contributed by atoms with Crippen molar-refractivity contribution in [1.29, 1.82) is 0 Å². The van der Waals surface area contributed by atoms with E-state index >= 15 is 0 Å². The molecule has 0 saturated carbocycles. The molecular formula is C6H21F3. The van der Waals surface area contributed by atoms with Crippen LogP contribution in [0.3, 0.4) is 0 Å². The molecule has 0 heterocycles. The standard InChI is InChI=1S/3C2H6.3FH/c3*1-2;;;/h3*1-2H3;3*1H. The van der Waals surface area contributed by atoms with E-state index in [4.69, 9.17) is 0 Å². The minimum atomic E-state index is 0. The number of hydrogen-bond donors (Lipinski definition) is 0. The molecule has 66 valence electrons. The van der Waals surface area contributed by atoms with Gasteiger partial charge in [0.15, 0.2) is 0 Å². The Hall–Kier alpha value is -0.210. The number of halogens is 3. The summed E-state index contributed by atoms with van der Waals surface area (Å²) in [4.78, 5) is 0. The SMILES string of the molecule is CC.CC.CC.F.F.F. The molecule has 9 heavy (non-hydrogen) atoms. The van der Waals surface area contributed by atoms with Gasteiger partial charge >= 0.3 is 0 Å². The Morgan fingerprint density at radius 3 is 0.333 bits per heavy atom. The zero-order chi connectivity index (χ0) is 6.00. The van der Waals surface area contributed by atoms with Gasteiger partial charge in [-0.2, -0.15) is 0 Å². The number of hydrogen-bond acceptors (Lipinski definition) is 0. The Bertz CT molecular complexity index is 8.26. The van der Waals surface area contributed by atoms with E-state index < -0.39 is 0 Å². The van der Waals surface area contributed by atoms with Crippen LogP contribution in [0.4, 0.5) is 14.1 Å². The molecule has 0 aliphatic rings. The van der Waals surface area contributed by atoms with Crippen molar-refractivity contribution in [3.8, 4) is 0 Å². The zero-order valence-corrected chi connectivity index (χ0v) is 7.22. The van der Waals surface area contributed by atoms with E-state index in [1.165, 1.54) is 0 Å². The van der Waals surface area contributed by atoms with E-state index in [2.05, 4.69) is 0 Å². The molecule has 0 N–H and O–H groups in total. The van der Waals surface area contributed by atoms with Crippen molar-refractivity contribution in [3.63, 3.8) is 0 Å². The van der Waals surface area contributed by atoms with Crippen LogP contribution in [0.25, 0.3) is 0 Å². The Balaban J connectivity index is -0.00000000321. The fourth-order valence-electron chi connectivity index (χ4n) is 0. The van der Waals surface area contributed by atoms with E-state index in [1.807, 2.05) is 41.5 Å². The van der Waals surface area contributed by atoms with Crippen LogP contribution in [0.1, 0.15) is 41.5 Å². The first-order valence-electron chi connectivity index (χ1n) is 3.00. The van der Waals surface area contributed by atoms with Gasteiger partial charge in [0.1, 0.15) is 0 Å². The minimum Gasteiger partial charge on any atom is -0.269 e. The molecule has 0 amide bonds. The van der Waals surface area contributed by atoms with E-state index in [-0.39, 0.29) is 14.1 Å². The van der Waals surface area contributed by atoms with Crippen LogP contribution in [0, 0.1) is 0 Å². The molecule has 0 aromatic heterocycles. The molecule has 0 aliphatic heterocycles. The predicted molar refractivity (Wildman–Crippen MR) is 41.6 cm³/mol. The Morgan fingerprint density at radius 1 is 0.333 bits per heavy atom. The van der Waals surface area contributed by atoms with Gasteiger partial charge in [-0.25, -0.2) is 0 Å². The normalized spacial score (nSPS) is 2.00. The summed E-state index contributed by atoms with van der Waals surface area (Å²) >= 11 is 0. The summed E-state index contributed by atoms with van der Waals surface area (Å²) in [5.74, 6) is 0. The lowest BCUT2D eigenvalue weighted by atomic mass is 11.0. The largest absolute Gasteiger partial charge is 0.269 e. The van der Waals surface area contributed by atoms with E-state index in [9.17, 15) is 0 Å². The maximum atomic E-state index is 2.00. The van der Waals surface area contributed by atoms with Crippen LogP contribution in [-0.2, 0) is 0 Å². The third kappa shape index (κ3) is 5920. The summed E-state index contributed by atoms with van der Waals surface area (Å²) in [7, 11) is 0. The second kappa shape index (κ2) is 8140. The van der Waals surface area contributed by atoms with Crippen molar-refractivity contribution >= 4 is 0 Å². The fraction of sp³-hybridized carbons (Fsp3) is 1.00. The molecule has 0 aliphatic carbocycles. The van der Waals surface area contributed by atoms with Crippen LogP contribution in [0.5, 0.6) is 0 Å². The Kier molecular flexibility index (Phi) is 62000. The highest BCUT2D eigenvalue weighted by Crippen LogP contribution is 1.15. The lowest BCUT2D eigenvalue weighted by Crippen LogP contribution is -0.856. The fourth-order valence-corrected chi connectivity index (χ4v) is 0. The van der Waals surface area contributed by atoms with Crippen LogP contribution < -0.4 is 0 Å².